The maximum atomic E-state index is 11.8. The summed E-state index contributed by atoms with van der Waals surface area (Å²) in [6.07, 6.45) is 9.10. The van der Waals surface area contributed by atoms with Gasteiger partial charge in [0, 0.05) is 12.1 Å². The first-order valence-corrected chi connectivity index (χ1v) is 5.57. The first-order chi connectivity index (χ1) is 7.36. The third-order valence-corrected chi connectivity index (χ3v) is 2.91. The van der Waals surface area contributed by atoms with E-state index in [-0.39, 0.29) is 11.8 Å². The number of rotatable bonds is 2. The maximum absolute atomic E-state index is 11.8. The molecule has 1 aromatic rings. The Morgan fingerprint density at radius 2 is 2.13 bits per heavy atom. The average molecular weight is 203 g/mol. The van der Waals surface area contributed by atoms with Gasteiger partial charge in [0.05, 0.1) is 11.9 Å². The highest BCUT2D eigenvalue weighted by Gasteiger charge is 2.20. The Morgan fingerprint density at radius 1 is 1.33 bits per heavy atom. The Balaban J connectivity index is 1.91. The van der Waals surface area contributed by atoms with Crippen molar-refractivity contribution in [1.29, 1.82) is 0 Å². The molecule has 1 aliphatic rings. The van der Waals surface area contributed by atoms with Crippen molar-refractivity contribution in [3.05, 3.63) is 24.5 Å². The Labute approximate surface area is 89.9 Å². The molecule has 0 aromatic carbocycles. The number of hydrogen-bond donors (Lipinski definition) is 1. The van der Waals surface area contributed by atoms with Gasteiger partial charge in [-0.3, -0.25) is 9.78 Å². The highest BCUT2D eigenvalue weighted by molar-refractivity contribution is 5.92. The summed E-state index contributed by atoms with van der Waals surface area (Å²) in [4.78, 5) is 15.8. The van der Waals surface area contributed by atoms with E-state index >= 15 is 0 Å². The number of amides is 1. The Morgan fingerprint density at radius 3 is 2.80 bits per heavy atom. The molecule has 0 unspecified atom stereocenters. The van der Waals surface area contributed by atoms with Crippen molar-refractivity contribution >= 4 is 11.6 Å². The van der Waals surface area contributed by atoms with Gasteiger partial charge in [0.2, 0.25) is 5.91 Å². The summed E-state index contributed by atoms with van der Waals surface area (Å²) in [5.41, 5.74) is 0.799. The summed E-state index contributed by atoms with van der Waals surface area (Å²) in [5.74, 6) is 0.363. The molecular formula is C12H16N2O. The van der Waals surface area contributed by atoms with Crippen LogP contribution in [0.4, 0.5) is 5.69 Å². The predicted molar refractivity (Wildman–Crippen MR) is 59.4 cm³/mol. The van der Waals surface area contributed by atoms with Gasteiger partial charge in [0.25, 0.3) is 0 Å². The van der Waals surface area contributed by atoms with E-state index < -0.39 is 0 Å². The van der Waals surface area contributed by atoms with Crippen LogP contribution < -0.4 is 5.32 Å². The fourth-order valence-electron chi connectivity index (χ4n) is 2.05. The topological polar surface area (TPSA) is 42.0 Å². The maximum Gasteiger partial charge on any atom is 0.227 e. The summed E-state index contributed by atoms with van der Waals surface area (Å²) >= 11 is 0. The number of hydrogen-bond acceptors (Lipinski definition) is 2. The molecule has 1 aromatic heterocycles. The number of aromatic nitrogens is 1. The van der Waals surface area contributed by atoms with E-state index in [1.807, 2.05) is 12.1 Å². The zero-order valence-corrected chi connectivity index (χ0v) is 8.78. The lowest BCUT2D eigenvalue weighted by Gasteiger charge is -2.20. The van der Waals surface area contributed by atoms with Gasteiger partial charge >= 0.3 is 0 Å². The predicted octanol–water partition coefficient (Wildman–Crippen LogP) is 2.60. The zero-order chi connectivity index (χ0) is 10.5. The molecule has 3 nitrogen and oxygen atoms in total. The molecule has 1 amide bonds. The molecule has 1 heterocycles. The number of nitrogens with one attached hydrogen (secondary N) is 1. The molecule has 0 saturated heterocycles. The van der Waals surface area contributed by atoms with Crippen molar-refractivity contribution in [2.45, 2.75) is 32.1 Å². The minimum absolute atomic E-state index is 0.155. The second-order valence-corrected chi connectivity index (χ2v) is 4.07. The van der Waals surface area contributed by atoms with Crippen LogP contribution in [0.2, 0.25) is 0 Å². The van der Waals surface area contributed by atoms with Crippen molar-refractivity contribution in [2.75, 3.05) is 5.32 Å². The summed E-state index contributed by atoms with van der Waals surface area (Å²) in [5, 5.41) is 2.91. The average Bonchev–Trinajstić information content (AvgIpc) is 2.31. The van der Waals surface area contributed by atoms with Crippen molar-refractivity contribution < 1.29 is 4.79 Å². The van der Waals surface area contributed by atoms with Gasteiger partial charge in [0.15, 0.2) is 0 Å². The molecule has 0 bridgehead atoms. The third-order valence-electron chi connectivity index (χ3n) is 2.91. The molecule has 2 rings (SSSR count). The van der Waals surface area contributed by atoms with Crippen LogP contribution in [0.5, 0.6) is 0 Å². The number of carbonyl (C=O) groups excluding carboxylic acids is 1. The van der Waals surface area contributed by atoms with Gasteiger partial charge in [-0.2, -0.15) is 0 Å². The molecule has 0 atom stereocenters. The fourth-order valence-corrected chi connectivity index (χ4v) is 2.05. The van der Waals surface area contributed by atoms with Crippen LogP contribution in [0.15, 0.2) is 24.5 Å². The van der Waals surface area contributed by atoms with Gasteiger partial charge < -0.3 is 5.32 Å². The van der Waals surface area contributed by atoms with E-state index in [1.165, 1.54) is 19.3 Å². The number of pyridine rings is 1. The summed E-state index contributed by atoms with van der Waals surface area (Å²) in [6.45, 7) is 0. The van der Waals surface area contributed by atoms with Crippen LogP contribution in [0.25, 0.3) is 0 Å². The largest absolute Gasteiger partial charge is 0.324 e. The van der Waals surface area contributed by atoms with E-state index in [1.54, 1.807) is 12.4 Å². The summed E-state index contributed by atoms with van der Waals surface area (Å²) in [6, 6.07) is 3.70. The number of anilines is 1. The van der Waals surface area contributed by atoms with E-state index in [2.05, 4.69) is 10.3 Å². The Bertz CT molecular complexity index is 318. The van der Waals surface area contributed by atoms with Crippen LogP contribution in [0, 0.1) is 5.92 Å². The van der Waals surface area contributed by atoms with Crippen LogP contribution >= 0.6 is 0 Å². The first-order valence-electron chi connectivity index (χ1n) is 5.57. The second-order valence-electron chi connectivity index (χ2n) is 4.07. The van der Waals surface area contributed by atoms with Crippen LogP contribution in [-0.4, -0.2) is 10.9 Å². The summed E-state index contributed by atoms with van der Waals surface area (Å²) in [7, 11) is 0. The van der Waals surface area contributed by atoms with E-state index in [0.717, 1.165) is 18.5 Å². The standard InChI is InChI=1S/C12H16N2O/c15-12(10-5-2-1-3-6-10)14-11-7-4-8-13-9-11/h4,7-10H,1-3,5-6H2,(H,14,15)/i12-1. The van der Waals surface area contributed by atoms with Crippen molar-refractivity contribution in [2.24, 2.45) is 5.92 Å². The Hall–Kier alpha value is -1.38. The smallest absolute Gasteiger partial charge is 0.227 e. The monoisotopic (exact) mass is 203 g/mol. The second kappa shape index (κ2) is 4.91. The highest BCUT2D eigenvalue weighted by Crippen LogP contribution is 2.24. The lowest BCUT2D eigenvalue weighted by Crippen LogP contribution is -2.24. The Kier molecular flexibility index (Phi) is 3.33. The first kappa shape index (κ1) is 10.1. The van der Waals surface area contributed by atoms with Gasteiger partial charge in [0.1, 0.15) is 0 Å². The highest BCUT2D eigenvalue weighted by atomic mass is 16.1. The van der Waals surface area contributed by atoms with E-state index in [4.69, 9.17) is 0 Å². The van der Waals surface area contributed by atoms with Gasteiger partial charge in [-0.15, -0.1) is 0 Å². The molecule has 1 aliphatic carbocycles. The quantitative estimate of drug-likeness (QED) is 0.802. The molecule has 0 aliphatic heterocycles. The molecule has 0 radical (unpaired) electrons. The lowest BCUT2D eigenvalue weighted by atomic mass is 9.71. The van der Waals surface area contributed by atoms with Crippen LogP contribution in [-0.2, 0) is 4.79 Å². The number of nitrogens with zero attached hydrogens (tertiary/aromatic N) is 1. The number of carbonyl (C=O) groups is 1. The van der Waals surface area contributed by atoms with E-state index in [0.29, 0.717) is 0 Å². The molecule has 1 saturated carbocycles. The van der Waals surface area contributed by atoms with Crippen molar-refractivity contribution in [3.8, 4) is 0 Å². The van der Waals surface area contributed by atoms with Gasteiger partial charge in [-0.1, -0.05) is 19.3 Å². The molecule has 0 spiro atoms. The van der Waals surface area contributed by atoms with Gasteiger partial charge in [-0.05, 0) is 25.0 Å². The minimum Gasteiger partial charge on any atom is -0.324 e. The molecular weight excluding hydrogens is 187 g/mol. The van der Waals surface area contributed by atoms with Crippen molar-refractivity contribution in [3.63, 3.8) is 0 Å². The van der Waals surface area contributed by atoms with E-state index in [9.17, 15) is 4.79 Å². The molecule has 80 valence electrons. The van der Waals surface area contributed by atoms with Crippen LogP contribution in [0.1, 0.15) is 32.1 Å². The van der Waals surface area contributed by atoms with Crippen LogP contribution in [0.3, 0.4) is 0 Å². The molecule has 1 fully saturated rings. The fraction of sp³-hybridized carbons (Fsp3) is 0.500. The normalized spacial score (nSPS) is 17.3. The minimum atomic E-state index is 0.155. The molecule has 15 heavy (non-hydrogen) atoms. The SMILES string of the molecule is O=[11C](Nc1cccnc1)C1CCCCC1. The zero-order valence-electron chi connectivity index (χ0n) is 8.78. The van der Waals surface area contributed by atoms with Crippen molar-refractivity contribution in [1.82, 2.24) is 4.98 Å². The molecule has 3 heteroatoms. The third kappa shape index (κ3) is 2.78. The molecule has 1 N–H and O–H groups in total. The lowest BCUT2D eigenvalue weighted by molar-refractivity contribution is -0.120. The summed E-state index contributed by atoms with van der Waals surface area (Å²) < 4.78 is 0. The van der Waals surface area contributed by atoms with Gasteiger partial charge in [-0.25, -0.2) is 0 Å².